The van der Waals surface area contributed by atoms with Gasteiger partial charge in [0.2, 0.25) is 5.91 Å². The maximum atomic E-state index is 12.1. The third kappa shape index (κ3) is 4.41. The second-order valence-electron chi connectivity index (χ2n) is 5.37. The predicted molar refractivity (Wildman–Crippen MR) is 103 cm³/mol. The SMILES string of the molecule is C/C(=N/NC(=O)Cc1nc(-c2ccccc2)cs1)c1ccc(C(=O)O)s1. The highest BCUT2D eigenvalue weighted by molar-refractivity contribution is 7.15. The van der Waals surface area contributed by atoms with E-state index in [-0.39, 0.29) is 17.2 Å². The number of carbonyl (C=O) groups is 2. The zero-order valence-electron chi connectivity index (χ0n) is 13.8. The fraction of sp³-hybridized carbons (Fsp3) is 0.111. The molecule has 0 saturated carbocycles. The van der Waals surface area contributed by atoms with Crippen LogP contribution in [0.25, 0.3) is 11.3 Å². The molecule has 1 amide bonds. The molecule has 0 spiro atoms. The maximum absolute atomic E-state index is 12.1. The van der Waals surface area contributed by atoms with Crippen LogP contribution < -0.4 is 5.43 Å². The second-order valence-corrected chi connectivity index (χ2v) is 7.40. The number of aromatic nitrogens is 1. The van der Waals surface area contributed by atoms with E-state index in [0.717, 1.165) is 22.6 Å². The molecule has 0 atom stereocenters. The minimum atomic E-state index is -0.976. The Bertz CT molecular complexity index is 961. The molecule has 6 nitrogen and oxygen atoms in total. The fourth-order valence-corrected chi connectivity index (χ4v) is 3.75. The largest absolute Gasteiger partial charge is 0.477 e. The molecule has 0 saturated heterocycles. The Morgan fingerprint density at radius 2 is 1.88 bits per heavy atom. The average Bonchev–Trinajstić information content (AvgIpc) is 3.30. The highest BCUT2D eigenvalue weighted by atomic mass is 32.1. The van der Waals surface area contributed by atoms with E-state index in [4.69, 9.17) is 5.11 Å². The van der Waals surface area contributed by atoms with E-state index in [1.807, 2.05) is 35.7 Å². The van der Waals surface area contributed by atoms with Crippen LogP contribution in [0, 0.1) is 0 Å². The normalized spacial score (nSPS) is 11.3. The van der Waals surface area contributed by atoms with Crippen LogP contribution in [0.1, 0.15) is 26.5 Å². The zero-order valence-corrected chi connectivity index (χ0v) is 15.4. The maximum Gasteiger partial charge on any atom is 0.345 e. The lowest BCUT2D eigenvalue weighted by atomic mass is 10.2. The van der Waals surface area contributed by atoms with Crippen molar-refractivity contribution in [1.29, 1.82) is 0 Å². The van der Waals surface area contributed by atoms with Crippen molar-refractivity contribution in [3.63, 3.8) is 0 Å². The summed E-state index contributed by atoms with van der Waals surface area (Å²) in [4.78, 5) is 28.4. The van der Waals surface area contributed by atoms with E-state index in [0.29, 0.717) is 15.6 Å². The molecule has 0 aliphatic rings. The fourth-order valence-electron chi connectivity index (χ4n) is 2.16. The van der Waals surface area contributed by atoms with Gasteiger partial charge in [-0.2, -0.15) is 5.10 Å². The topological polar surface area (TPSA) is 91.7 Å². The molecule has 2 heterocycles. The summed E-state index contributed by atoms with van der Waals surface area (Å²) >= 11 is 2.54. The molecular weight excluding hydrogens is 370 g/mol. The van der Waals surface area contributed by atoms with Crippen molar-refractivity contribution in [3.8, 4) is 11.3 Å². The number of nitrogens with one attached hydrogen (secondary N) is 1. The molecule has 1 aromatic carbocycles. The Morgan fingerprint density at radius 3 is 2.58 bits per heavy atom. The molecule has 0 aliphatic heterocycles. The van der Waals surface area contributed by atoms with Gasteiger partial charge in [0.15, 0.2) is 0 Å². The molecule has 0 fully saturated rings. The number of thiophene rings is 1. The van der Waals surface area contributed by atoms with Crippen molar-refractivity contribution in [2.45, 2.75) is 13.3 Å². The monoisotopic (exact) mass is 385 g/mol. The molecule has 132 valence electrons. The van der Waals surface area contributed by atoms with Gasteiger partial charge in [0.1, 0.15) is 9.88 Å². The lowest BCUT2D eigenvalue weighted by Crippen LogP contribution is -2.21. The molecule has 2 N–H and O–H groups in total. The standard InChI is InChI=1S/C18H15N3O3S2/c1-11(14-7-8-15(26-14)18(23)24)20-21-16(22)9-17-19-13(10-25-17)12-5-3-2-4-6-12/h2-8,10H,9H2,1H3,(H,21,22)(H,23,24)/b20-11-. The van der Waals surface area contributed by atoms with E-state index >= 15 is 0 Å². The van der Waals surface area contributed by atoms with Crippen LogP contribution in [0.2, 0.25) is 0 Å². The summed E-state index contributed by atoms with van der Waals surface area (Å²) in [5, 5.41) is 15.6. The number of carbonyl (C=O) groups excluding carboxylic acids is 1. The molecular formula is C18H15N3O3S2. The number of carboxylic acids is 1. The lowest BCUT2D eigenvalue weighted by Gasteiger charge is -2.00. The summed E-state index contributed by atoms with van der Waals surface area (Å²) in [6.07, 6.45) is 0.138. The summed E-state index contributed by atoms with van der Waals surface area (Å²) in [7, 11) is 0. The molecule has 0 radical (unpaired) electrons. The van der Waals surface area contributed by atoms with Gasteiger partial charge in [0, 0.05) is 10.9 Å². The lowest BCUT2D eigenvalue weighted by molar-refractivity contribution is -0.120. The third-order valence-electron chi connectivity index (χ3n) is 3.45. The van der Waals surface area contributed by atoms with Crippen molar-refractivity contribution in [2.75, 3.05) is 0 Å². The molecule has 0 unspecified atom stereocenters. The summed E-state index contributed by atoms with van der Waals surface area (Å²) in [6, 6.07) is 13.0. The number of hydrazone groups is 1. The number of aromatic carboxylic acids is 1. The van der Waals surface area contributed by atoms with Crippen LogP contribution in [0.15, 0.2) is 52.9 Å². The van der Waals surface area contributed by atoms with Gasteiger partial charge in [-0.1, -0.05) is 30.3 Å². The number of hydrogen-bond acceptors (Lipinski definition) is 6. The summed E-state index contributed by atoms with van der Waals surface area (Å²) in [5.41, 5.74) is 4.90. The highest BCUT2D eigenvalue weighted by Crippen LogP contribution is 2.21. The Kier molecular flexibility index (Phi) is 5.55. The van der Waals surface area contributed by atoms with E-state index in [1.165, 1.54) is 17.4 Å². The molecule has 0 aliphatic carbocycles. The van der Waals surface area contributed by atoms with Gasteiger partial charge in [-0.3, -0.25) is 4.79 Å². The first-order valence-corrected chi connectivity index (χ1v) is 9.39. The van der Waals surface area contributed by atoms with Crippen LogP contribution >= 0.6 is 22.7 Å². The van der Waals surface area contributed by atoms with E-state index in [2.05, 4.69) is 15.5 Å². The summed E-state index contributed by atoms with van der Waals surface area (Å²) in [6.45, 7) is 1.72. The van der Waals surface area contributed by atoms with Crippen LogP contribution in [-0.4, -0.2) is 27.7 Å². The highest BCUT2D eigenvalue weighted by Gasteiger charge is 2.11. The van der Waals surface area contributed by atoms with Gasteiger partial charge >= 0.3 is 5.97 Å². The van der Waals surface area contributed by atoms with Crippen LogP contribution in [-0.2, 0) is 11.2 Å². The molecule has 8 heteroatoms. The van der Waals surface area contributed by atoms with Crippen molar-refractivity contribution < 1.29 is 14.7 Å². The van der Waals surface area contributed by atoms with Gasteiger partial charge in [-0.15, -0.1) is 22.7 Å². The minimum absolute atomic E-state index is 0.138. The number of amides is 1. The van der Waals surface area contributed by atoms with Crippen LogP contribution in [0.5, 0.6) is 0 Å². The van der Waals surface area contributed by atoms with E-state index in [1.54, 1.807) is 13.0 Å². The smallest absolute Gasteiger partial charge is 0.345 e. The molecule has 3 aromatic rings. The number of rotatable bonds is 6. The average molecular weight is 385 g/mol. The Balaban J connectivity index is 1.60. The van der Waals surface area contributed by atoms with Crippen molar-refractivity contribution in [3.05, 3.63) is 62.6 Å². The van der Waals surface area contributed by atoms with Gasteiger partial charge in [-0.05, 0) is 19.1 Å². The Hall–Kier alpha value is -2.84. The van der Waals surface area contributed by atoms with Crippen molar-refractivity contribution in [2.24, 2.45) is 5.10 Å². The number of hydrogen-bond donors (Lipinski definition) is 2. The molecule has 2 aromatic heterocycles. The van der Waals surface area contributed by atoms with Gasteiger partial charge < -0.3 is 5.11 Å². The second kappa shape index (κ2) is 8.03. The van der Waals surface area contributed by atoms with Crippen LogP contribution in [0.4, 0.5) is 0 Å². The number of thiazole rings is 1. The third-order valence-corrected chi connectivity index (χ3v) is 5.49. The quantitative estimate of drug-likeness (QED) is 0.500. The zero-order chi connectivity index (χ0) is 18.5. The number of nitrogens with zero attached hydrogens (tertiary/aromatic N) is 2. The first-order chi connectivity index (χ1) is 12.5. The molecule has 0 bridgehead atoms. The molecule has 26 heavy (non-hydrogen) atoms. The van der Waals surface area contributed by atoms with E-state index < -0.39 is 5.97 Å². The summed E-state index contributed by atoms with van der Waals surface area (Å²) in [5.74, 6) is -1.25. The minimum Gasteiger partial charge on any atom is -0.477 e. The predicted octanol–water partition coefficient (Wildman–Crippen LogP) is 3.65. The number of carboxylic acid groups (broad SMARTS) is 1. The van der Waals surface area contributed by atoms with Gasteiger partial charge in [0.25, 0.3) is 0 Å². The molecule has 3 rings (SSSR count). The van der Waals surface area contributed by atoms with Crippen molar-refractivity contribution >= 4 is 40.3 Å². The van der Waals surface area contributed by atoms with Crippen molar-refractivity contribution in [1.82, 2.24) is 10.4 Å². The van der Waals surface area contributed by atoms with E-state index in [9.17, 15) is 9.59 Å². The van der Waals surface area contributed by atoms with Crippen LogP contribution in [0.3, 0.4) is 0 Å². The Morgan fingerprint density at radius 1 is 1.15 bits per heavy atom. The van der Waals surface area contributed by atoms with Gasteiger partial charge in [-0.25, -0.2) is 15.2 Å². The first kappa shape index (κ1) is 18.0. The first-order valence-electron chi connectivity index (χ1n) is 7.69. The van der Waals surface area contributed by atoms with Gasteiger partial charge in [0.05, 0.1) is 22.7 Å². The Labute approximate surface area is 157 Å². The number of benzene rings is 1. The summed E-state index contributed by atoms with van der Waals surface area (Å²) < 4.78 is 0.